The van der Waals surface area contributed by atoms with Gasteiger partial charge < -0.3 is 20.1 Å². The zero-order valence-electron chi connectivity index (χ0n) is 11.2. The smallest absolute Gasteiger partial charge is 0.257 e. The van der Waals surface area contributed by atoms with Crippen molar-refractivity contribution in [3.8, 4) is 5.75 Å². The molecule has 2 N–H and O–H groups in total. The first-order valence-corrected chi connectivity index (χ1v) is 6.94. The molecule has 0 unspecified atom stereocenters. The summed E-state index contributed by atoms with van der Waals surface area (Å²) in [7, 11) is 1.64. The topological polar surface area (TPSA) is 59.6 Å². The van der Waals surface area contributed by atoms with Crippen molar-refractivity contribution in [1.82, 2.24) is 10.6 Å². The fourth-order valence-electron chi connectivity index (χ4n) is 1.40. The number of carbonyl (C=O) groups is 1. The highest BCUT2D eigenvalue weighted by Gasteiger charge is 2.08. The van der Waals surface area contributed by atoms with E-state index in [-0.39, 0.29) is 12.5 Å². The molecule has 0 atom stereocenters. The van der Waals surface area contributed by atoms with Gasteiger partial charge in [0.1, 0.15) is 0 Å². The second-order valence-electron chi connectivity index (χ2n) is 3.93. The molecule has 0 bridgehead atoms. The summed E-state index contributed by atoms with van der Waals surface area (Å²) >= 11 is 11.9. The molecule has 0 aliphatic carbocycles. The van der Waals surface area contributed by atoms with E-state index >= 15 is 0 Å². The van der Waals surface area contributed by atoms with Crippen molar-refractivity contribution < 1.29 is 14.3 Å². The van der Waals surface area contributed by atoms with E-state index in [9.17, 15) is 4.79 Å². The van der Waals surface area contributed by atoms with Crippen LogP contribution in [0.5, 0.6) is 5.75 Å². The molecule has 1 aromatic rings. The number of amides is 1. The van der Waals surface area contributed by atoms with Crippen LogP contribution in [-0.4, -0.2) is 45.9 Å². The van der Waals surface area contributed by atoms with Crippen molar-refractivity contribution in [2.75, 3.05) is 40.0 Å². The predicted molar refractivity (Wildman–Crippen MR) is 79.7 cm³/mol. The lowest BCUT2D eigenvalue weighted by Gasteiger charge is -2.10. The molecular weight excluding hydrogens is 303 g/mol. The van der Waals surface area contributed by atoms with Gasteiger partial charge in [-0.3, -0.25) is 4.79 Å². The highest BCUT2D eigenvalue weighted by molar-refractivity contribution is 6.37. The summed E-state index contributed by atoms with van der Waals surface area (Å²) in [4.78, 5) is 11.6. The largest absolute Gasteiger partial charge is 0.481 e. The van der Waals surface area contributed by atoms with Crippen LogP contribution in [0, 0.1) is 0 Å². The average Bonchev–Trinajstić information content (AvgIpc) is 2.42. The zero-order valence-corrected chi connectivity index (χ0v) is 12.8. The number of carbonyl (C=O) groups excluding carboxylic acids is 1. The lowest BCUT2D eigenvalue weighted by atomic mass is 10.3. The number of nitrogens with one attached hydrogen (secondary N) is 2. The number of hydrogen-bond acceptors (Lipinski definition) is 4. The minimum atomic E-state index is -0.227. The number of ether oxygens (including phenoxy) is 2. The van der Waals surface area contributed by atoms with Gasteiger partial charge in [0.2, 0.25) is 0 Å². The second-order valence-corrected chi connectivity index (χ2v) is 4.75. The van der Waals surface area contributed by atoms with Gasteiger partial charge in [0.25, 0.3) is 5.91 Å². The first-order valence-electron chi connectivity index (χ1n) is 6.18. The van der Waals surface area contributed by atoms with Gasteiger partial charge >= 0.3 is 0 Å². The van der Waals surface area contributed by atoms with Crippen LogP contribution < -0.4 is 15.4 Å². The van der Waals surface area contributed by atoms with Crippen LogP contribution in [0.3, 0.4) is 0 Å². The molecule has 20 heavy (non-hydrogen) atoms. The van der Waals surface area contributed by atoms with Crippen LogP contribution in [0.4, 0.5) is 0 Å². The van der Waals surface area contributed by atoms with Crippen molar-refractivity contribution in [3.63, 3.8) is 0 Å². The van der Waals surface area contributed by atoms with Crippen LogP contribution in [-0.2, 0) is 9.53 Å². The molecule has 0 aliphatic heterocycles. The van der Waals surface area contributed by atoms with Crippen molar-refractivity contribution in [3.05, 3.63) is 28.2 Å². The molecule has 0 heterocycles. The Morgan fingerprint density at radius 2 is 1.90 bits per heavy atom. The Balaban J connectivity index is 2.20. The molecule has 0 aliphatic rings. The Morgan fingerprint density at radius 1 is 1.20 bits per heavy atom. The zero-order chi connectivity index (χ0) is 14.8. The van der Waals surface area contributed by atoms with Gasteiger partial charge in [-0.2, -0.15) is 0 Å². The molecule has 0 saturated heterocycles. The van der Waals surface area contributed by atoms with Crippen LogP contribution in [0.2, 0.25) is 10.0 Å². The summed E-state index contributed by atoms with van der Waals surface area (Å²) in [5.74, 6) is 0.0960. The molecule has 0 aromatic heterocycles. The molecule has 5 nitrogen and oxygen atoms in total. The first-order chi connectivity index (χ1) is 9.65. The number of rotatable bonds is 9. The maximum atomic E-state index is 11.6. The monoisotopic (exact) mass is 320 g/mol. The van der Waals surface area contributed by atoms with E-state index in [1.165, 1.54) is 0 Å². The summed E-state index contributed by atoms with van der Waals surface area (Å²) in [6.45, 7) is 2.45. The van der Waals surface area contributed by atoms with Gasteiger partial charge in [0, 0.05) is 26.7 Å². The van der Waals surface area contributed by atoms with Gasteiger partial charge in [0.05, 0.1) is 16.7 Å². The minimum Gasteiger partial charge on any atom is -0.481 e. The SMILES string of the molecule is COCCNCCNC(=O)COc1c(Cl)cccc1Cl. The lowest BCUT2D eigenvalue weighted by Crippen LogP contribution is -2.35. The summed E-state index contributed by atoms with van der Waals surface area (Å²) < 4.78 is 10.2. The van der Waals surface area contributed by atoms with Crippen molar-refractivity contribution in [2.45, 2.75) is 0 Å². The molecule has 1 aromatic carbocycles. The Hall–Kier alpha value is -1.01. The van der Waals surface area contributed by atoms with Crippen LogP contribution in [0.25, 0.3) is 0 Å². The molecule has 7 heteroatoms. The third-order valence-electron chi connectivity index (χ3n) is 2.37. The van der Waals surface area contributed by atoms with Gasteiger partial charge in [-0.05, 0) is 12.1 Å². The Bertz CT molecular complexity index is 410. The first kappa shape index (κ1) is 17.0. The standard InChI is InChI=1S/C13H18Cl2N2O3/c1-19-8-7-16-5-6-17-12(18)9-20-13-10(14)3-2-4-11(13)15/h2-4,16H,5-9H2,1H3,(H,17,18). The molecule has 0 spiro atoms. The summed E-state index contributed by atoms with van der Waals surface area (Å²) in [5.41, 5.74) is 0. The van der Waals surface area contributed by atoms with Gasteiger partial charge in [-0.15, -0.1) is 0 Å². The Kier molecular flexibility index (Phi) is 8.37. The van der Waals surface area contributed by atoms with E-state index in [2.05, 4.69) is 10.6 Å². The average molecular weight is 321 g/mol. The number of benzene rings is 1. The maximum Gasteiger partial charge on any atom is 0.257 e. The van der Waals surface area contributed by atoms with Gasteiger partial charge in [-0.1, -0.05) is 29.3 Å². The third-order valence-corrected chi connectivity index (χ3v) is 2.97. The van der Waals surface area contributed by atoms with E-state index in [0.29, 0.717) is 35.5 Å². The van der Waals surface area contributed by atoms with Crippen LogP contribution in [0.15, 0.2) is 18.2 Å². The molecule has 1 rings (SSSR count). The van der Waals surface area contributed by atoms with E-state index < -0.39 is 0 Å². The normalized spacial score (nSPS) is 10.3. The van der Waals surface area contributed by atoms with Crippen LogP contribution in [0.1, 0.15) is 0 Å². The molecular formula is C13H18Cl2N2O3. The van der Waals surface area contributed by atoms with E-state index in [0.717, 1.165) is 6.54 Å². The summed E-state index contributed by atoms with van der Waals surface area (Å²) in [6, 6.07) is 5.02. The van der Waals surface area contributed by atoms with E-state index in [1.54, 1.807) is 25.3 Å². The molecule has 112 valence electrons. The maximum absolute atomic E-state index is 11.6. The van der Waals surface area contributed by atoms with Crippen molar-refractivity contribution in [2.24, 2.45) is 0 Å². The fourth-order valence-corrected chi connectivity index (χ4v) is 1.91. The summed E-state index contributed by atoms with van der Waals surface area (Å²) in [6.07, 6.45) is 0. The Labute approximate surface area is 128 Å². The third kappa shape index (κ3) is 6.43. The quantitative estimate of drug-likeness (QED) is 0.680. The number of halogens is 2. The highest BCUT2D eigenvalue weighted by Crippen LogP contribution is 2.32. The van der Waals surface area contributed by atoms with Crippen LogP contribution >= 0.6 is 23.2 Å². The molecule has 0 fully saturated rings. The second kappa shape index (κ2) is 9.83. The fraction of sp³-hybridized carbons (Fsp3) is 0.462. The van der Waals surface area contributed by atoms with E-state index in [1.807, 2.05) is 0 Å². The number of para-hydroxylation sites is 1. The number of methoxy groups -OCH3 is 1. The van der Waals surface area contributed by atoms with Crippen molar-refractivity contribution in [1.29, 1.82) is 0 Å². The lowest BCUT2D eigenvalue weighted by molar-refractivity contribution is -0.123. The predicted octanol–water partition coefficient (Wildman–Crippen LogP) is 1.72. The van der Waals surface area contributed by atoms with E-state index in [4.69, 9.17) is 32.7 Å². The van der Waals surface area contributed by atoms with Gasteiger partial charge in [-0.25, -0.2) is 0 Å². The highest BCUT2D eigenvalue weighted by atomic mass is 35.5. The summed E-state index contributed by atoms with van der Waals surface area (Å²) in [5, 5.41) is 6.59. The molecule has 1 amide bonds. The molecule has 0 radical (unpaired) electrons. The molecule has 0 saturated carbocycles. The Morgan fingerprint density at radius 3 is 2.55 bits per heavy atom. The minimum absolute atomic E-state index is 0.123. The number of hydrogen-bond donors (Lipinski definition) is 2. The van der Waals surface area contributed by atoms with Gasteiger partial charge in [0.15, 0.2) is 12.4 Å². The van der Waals surface area contributed by atoms with Crippen molar-refractivity contribution >= 4 is 29.1 Å².